The zero-order valence-electron chi connectivity index (χ0n) is 14.3. The lowest BCUT2D eigenvalue weighted by atomic mass is 10.1. The van der Waals surface area contributed by atoms with Crippen LogP contribution in [0.1, 0.15) is 11.1 Å². The lowest BCUT2D eigenvalue weighted by Gasteiger charge is -2.08. The van der Waals surface area contributed by atoms with Gasteiger partial charge in [-0.3, -0.25) is 4.79 Å². The summed E-state index contributed by atoms with van der Waals surface area (Å²) in [7, 11) is 0. The molecule has 1 heterocycles. The largest absolute Gasteiger partial charge is 0.489 e. The Morgan fingerprint density at radius 2 is 1.70 bits per heavy atom. The predicted octanol–water partition coefficient (Wildman–Crippen LogP) is 4.04. The van der Waals surface area contributed by atoms with Gasteiger partial charge < -0.3 is 9.72 Å². The fraction of sp³-hybridized carbons (Fsp3) is 0.0455. The Hall–Kier alpha value is -3.91. The molecule has 4 rings (SSSR count). The standard InChI is InChI=1S/C22H15N3O2/c23-13-16-5-1-2-6-17(16)14-27-18-11-9-15(10-12-18)21-24-20-8-4-3-7-19(20)22(26)25-21/h1-12H,14H2,(H,24,25,26). The van der Waals surface area contributed by atoms with Crippen molar-refractivity contribution in [3.63, 3.8) is 0 Å². The van der Waals surface area contributed by atoms with Crippen LogP contribution in [0.25, 0.3) is 22.3 Å². The van der Waals surface area contributed by atoms with Crippen molar-refractivity contribution in [2.24, 2.45) is 0 Å². The summed E-state index contributed by atoms with van der Waals surface area (Å²) in [5.74, 6) is 1.19. The van der Waals surface area contributed by atoms with Crippen LogP contribution in [0.15, 0.2) is 77.6 Å². The summed E-state index contributed by atoms with van der Waals surface area (Å²) in [6.45, 7) is 0.314. The van der Waals surface area contributed by atoms with Crippen LogP contribution in [0.5, 0.6) is 5.75 Å². The van der Waals surface area contributed by atoms with Gasteiger partial charge in [0.25, 0.3) is 5.56 Å². The number of fused-ring (bicyclic) bond motifs is 1. The van der Waals surface area contributed by atoms with Crippen LogP contribution in [-0.4, -0.2) is 9.97 Å². The maximum Gasteiger partial charge on any atom is 0.259 e. The molecule has 3 aromatic carbocycles. The minimum atomic E-state index is -0.163. The van der Waals surface area contributed by atoms with Crippen molar-refractivity contribution >= 4 is 10.9 Å². The zero-order chi connectivity index (χ0) is 18.6. The van der Waals surface area contributed by atoms with Crippen molar-refractivity contribution in [1.82, 2.24) is 9.97 Å². The van der Waals surface area contributed by atoms with Crippen LogP contribution in [0, 0.1) is 11.3 Å². The van der Waals surface area contributed by atoms with Gasteiger partial charge in [-0.15, -0.1) is 0 Å². The normalized spacial score (nSPS) is 10.5. The molecule has 27 heavy (non-hydrogen) atoms. The Labute approximate surface area is 155 Å². The highest BCUT2D eigenvalue weighted by molar-refractivity contribution is 5.79. The summed E-state index contributed by atoms with van der Waals surface area (Å²) in [4.78, 5) is 19.5. The second-order valence-electron chi connectivity index (χ2n) is 6.01. The quantitative estimate of drug-likeness (QED) is 0.600. The fourth-order valence-corrected chi connectivity index (χ4v) is 2.85. The van der Waals surface area contributed by atoms with Gasteiger partial charge in [0.2, 0.25) is 0 Å². The summed E-state index contributed by atoms with van der Waals surface area (Å²) >= 11 is 0. The number of rotatable bonds is 4. The van der Waals surface area contributed by atoms with Crippen LogP contribution in [0.2, 0.25) is 0 Å². The molecule has 5 nitrogen and oxygen atoms in total. The highest BCUT2D eigenvalue weighted by atomic mass is 16.5. The van der Waals surface area contributed by atoms with Gasteiger partial charge in [-0.1, -0.05) is 30.3 Å². The van der Waals surface area contributed by atoms with Gasteiger partial charge in [-0.2, -0.15) is 5.26 Å². The van der Waals surface area contributed by atoms with E-state index in [1.165, 1.54) is 0 Å². The number of hydrogen-bond acceptors (Lipinski definition) is 4. The van der Waals surface area contributed by atoms with E-state index in [9.17, 15) is 4.79 Å². The second kappa shape index (κ2) is 7.14. The van der Waals surface area contributed by atoms with Crippen LogP contribution in [-0.2, 0) is 6.61 Å². The lowest BCUT2D eigenvalue weighted by Crippen LogP contribution is -2.09. The first-order valence-corrected chi connectivity index (χ1v) is 8.45. The number of aromatic amines is 1. The average molecular weight is 353 g/mol. The Balaban J connectivity index is 1.56. The monoisotopic (exact) mass is 353 g/mol. The van der Waals surface area contributed by atoms with E-state index in [4.69, 9.17) is 10.00 Å². The van der Waals surface area contributed by atoms with E-state index in [1.807, 2.05) is 60.7 Å². The third kappa shape index (κ3) is 3.42. The highest BCUT2D eigenvalue weighted by Crippen LogP contribution is 2.21. The molecule has 0 atom stereocenters. The molecule has 0 radical (unpaired) electrons. The van der Waals surface area contributed by atoms with Gasteiger partial charge >= 0.3 is 0 Å². The number of hydrogen-bond donors (Lipinski definition) is 1. The lowest BCUT2D eigenvalue weighted by molar-refractivity contribution is 0.306. The summed E-state index contributed by atoms with van der Waals surface area (Å²) < 4.78 is 5.78. The van der Waals surface area contributed by atoms with Crippen molar-refractivity contribution in [2.45, 2.75) is 6.61 Å². The number of nitrogens with zero attached hydrogens (tertiary/aromatic N) is 2. The van der Waals surface area contributed by atoms with Crippen molar-refractivity contribution < 1.29 is 4.74 Å². The molecule has 0 unspecified atom stereocenters. The van der Waals surface area contributed by atoms with Gasteiger partial charge in [0.05, 0.1) is 22.5 Å². The fourth-order valence-electron chi connectivity index (χ4n) is 2.85. The predicted molar refractivity (Wildman–Crippen MR) is 103 cm³/mol. The maximum absolute atomic E-state index is 12.2. The van der Waals surface area contributed by atoms with Gasteiger partial charge in [0, 0.05) is 11.1 Å². The highest BCUT2D eigenvalue weighted by Gasteiger charge is 2.06. The number of aromatic nitrogens is 2. The Bertz CT molecular complexity index is 1200. The molecule has 0 aliphatic carbocycles. The van der Waals surface area contributed by atoms with Crippen molar-refractivity contribution in [3.8, 4) is 23.2 Å². The van der Waals surface area contributed by atoms with Crippen LogP contribution < -0.4 is 10.3 Å². The molecule has 1 N–H and O–H groups in total. The summed E-state index contributed by atoms with van der Waals surface area (Å²) in [5, 5.41) is 9.70. The smallest absolute Gasteiger partial charge is 0.259 e. The van der Waals surface area contributed by atoms with E-state index >= 15 is 0 Å². The van der Waals surface area contributed by atoms with Gasteiger partial charge in [-0.05, 0) is 42.5 Å². The SMILES string of the molecule is N#Cc1ccccc1COc1ccc(-c2nc3ccccc3c(=O)[nH]2)cc1. The number of benzene rings is 3. The number of nitriles is 1. The first-order chi connectivity index (χ1) is 13.2. The molecule has 4 aromatic rings. The summed E-state index contributed by atoms with van der Waals surface area (Å²) in [6, 6.07) is 24.1. The zero-order valence-corrected chi connectivity index (χ0v) is 14.3. The molecule has 0 bridgehead atoms. The van der Waals surface area contributed by atoms with Crippen LogP contribution in [0.3, 0.4) is 0 Å². The molecule has 0 saturated carbocycles. The average Bonchev–Trinajstić information content (AvgIpc) is 2.73. The van der Waals surface area contributed by atoms with Gasteiger partial charge in [0.1, 0.15) is 18.2 Å². The third-order valence-corrected chi connectivity index (χ3v) is 4.27. The second-order valence-corrected chi connectivity index (χ2v) is 6.01. The molecular formula is C22H15N3O2. The van der Waals surface area contributed by atoms with E-state index < -0.39 is 0 Å². The van der Waals surface area contributed by atoms with E-state index in [2.05, 4.69) is 16.0 Å². The van der Waals surface area contributed by atoms with Crippen molar-refractivity contribution in [3.05, 3.63) is 94.3 Å². The molecule has 0 fully saturated rings. The van der Waals surface area contributed by atoms with Crippen LogP contribution in [0.4, 0.5) is 0 Å². The molecule has 1 aromatic heterocycles. The molecule has 0 saturated heterocycles. The summed E-state index contributed by atoms with van der Waals surface area (Å²) in [5.41, 5.74) is 2.73. The van der Waals surface area contributed by atoms with Crippen molar-refractivity contribution in [1.29, 1.82) is 5.26 Å². The van der Waals surface area contributed by atoms with E-state index in [1.54, 1.807) is 12.1 Å². The molecule has 0 spiro atoms. The Morgan fingerprint density at radius 3 is 2.52 bits per heavy atom. The number of ether oxygens (including phenoxy) is 1. The Kier molecular flexibility index (Phi) is 4.38. The first-order valence-electron chi connectivity index (χ1n) is 8.45. The minimum Gasteiger partial charge on any atom is -0.489 e. The number of para-hydroxylation sites is 1. The van der Waals surface area contributed by atoms with Gasteiger partial charge in [-0.25, -0.2) is 4.98 Å². The van der Waals surface area contributed by atoms with E-state index in [0.717, 1.165) is 11.1 Å². The minimum absolute atomic E-state index is 0.163. The van der Waals surface area contributed by atoms with Crippen molar-refractivity contribution in [2.75, 3.05) is 0 Å². The molecule has 5 heteroatoms. The molecular weight excluding hydrogens is 338 g/mol. The van der Waals surface area contributed by atoms with Crippen LogP contribution >= 0.6 is 0 Å². The first kappa shape index (κ1) is 16.6. The number of H-pyrrole nitrogens is 1. The summed E-state index contributed by atoms with van der Waals surface area (Å²) in [6.07, 6.45) is 0. The maximum atomic E-state index is 12.2. The third-order valence-electron chi connectivity index (χ3n) is 4.27. The topological polar surface area (TPSA) is 78.8 Å². The Morgan fingerprint density at radius 1 is 0.963 bits per heavy atom. The number of nitrogens with one attached hydrogen (secondary N) is 1. The van der Waals surface area contributed by atoms with E-state index in [-0.39, 0.29) is 5.56 Å². The molecule has 0 aliphatic rings. The molecule has 0 aliphatic heterocycles. The van der Waals surface area contributed by atoms with Gasteiger partial charge in [0.15, 0.2) is 0 Å². The van der Waals surface area contributed by atoms with E-state index in [0.29, 0.717) is 34.6 Å². The molecule has 130 valence electrons. The molecule has 0 amide bonds.